The molecule has 0 bridgehead atoms. The first kappa shape index (κ1) is 15.8. The molecular weight excluding hydrogens is 272 g/mol. The summed E-state index contributed by atoms with van der Waals surface area (Å²) >= 11 is 0. The SMILES string of the molecule is COC(=O)C1=CC(O)C(C(C)C)CC2C(C(=O)O)=CCC12. The normalized spacial score (nSPS) is 32.0. The first-order valence-corrected chi connectivity index (χ1v) is 7.28. The van der Waals surface area contributed by atoms with Gasteiger partial charge in [-0.25, -0.2) is 9.59 Å². The Morgan fingerprint density at radius 1 is 1.29 bits per heavy atom. The third kappa shape index (κ3) is 2.88. The van der Waals surface area contributed by atoms with Crippen molar-refractivity contribution >= 4 is 11.9 Å². The fourth-order valence-corrected chi connectivity index (χ4v) is 3.53. The summed E-state index contributed by atoms with van der Waals surface area (Å²) in [6, 6.07) is 0. The summed E-state index contributed by atoms with van der Waals surface area (Å²) in [4.78, 5) is 23.4. The number of hydrogen-bond acceptors (Lipinski definition) is 4. The number of carboxylic acids is 1. The molecule has 116 valence electrons. The topological polar surface area (TPSA) is 83.8 Å². The second kappa shape index (κ2) is 6.02. The molecule has 21 heavy (non-hydrogen) atoms. The van der Waals surface area contributed by atoms with Crippen LogP contribution < -0.4 is 0 Å². The number of aliphatic carboxylic acids is 1. The lowest BCUT2D eigenvalue weighted by atomic mass is 9.78. The molecule has 2 aliphatic carbocycles. The van der Waals surface area contributed by atoms with E-state index < -0.39 is 18.0 Å². The summed E-state index contributed by atoms with van der Waals surface area (Å²) in [6.07, 6.45) is 3.59. The van der Waals surface area contributed by atoms with E-state index in [2.05, 4.69) is 0 Å². The zero-order chi connectivity index (χ0) is 15.7. The van der Waals surface area contributed by atoms with Gasteiger partial charge in [0.15, 0.2) is 0 Å². The highest BCUT2D eigenvalue weighted by atomic mass is 16.5. The summed E-state index contributed by atoms with van der Waals surface area (Å²) < 4.78 is 4.80. The second-order valence-corrected chi connectivity index (χ2v) is 6.16. The molecule has 0 aromatic heterocycles. The molecule has 5 nitrogen and oxygen atoms in total. The second-order valence-electron chi connectivity index (χ2n) is 6.16. The number of carbonyl (C=O) groups is 2. The molecule has 2 N–H and O–H groups in total. The maximum absolute atomic E-state index is 12.0. The van der Waals surface area contributed by atoms with Crippen LogP contribution in [0.15, 0.2) is 23.3 Å². The Hall–Kier alpha value is -1.62. The average molecular weight is 294 g/mol. The summed E-state index contributed by atoms with van der Waals surface area (Å²) in [5, 5.41) is 19.7. The Kier molecular flexibility index (Phi) is 4.52. The molecule has 0 heterocycles. The van der Waals surface area contributed by atoms with Crippen LogP contribution in [0.1, 0.15) is 26.7 Å². The van der Waals surface area contributed by atoms with Gasteiger partial charge in [-0.05, 0) is 36.7 Å². The number of carboxylic acid groups (broad SMARTS) is 1. The minimum Gasteiger partial charge on any atom is -0.478 e. The van der Waals surface area contributed by atoms with E-state index in [-0.39, 0.29) is 23.7 Å². The van der Waals surface area contributed by atoms with E-state index in [0.717, 1.165) is 0 Å². The van der Waals surface area contributed by atoms with Gasteiger partial charge in [0.1, 0.15) is 0 Å². The first-order chi connectivity index (χ1) is 9.86. The van der Waals surface area contributed by atoms with Gasteiger partial charge in [-0.2, -0.15) is 0 Å². The molecule has 2 rings (SSSR count). The average Bonchev–Trinajstić information content (AvgIpc) is 2.78. The third-order valence-electron chi connectivity index (χ3n) is 4.72. The van der Waals surface area contributed by atoms with E-state index >= 15 is 0 Å². The highest BCUT2D eigenvalue weighted by Crippen LogP contribution is 2.45. The smallest absolute Gasteiger partial charge is 0.333 e. The van der Waals surface area contributed by atoms with Gasteiger partial charge in [-0.15, -0.1) is 0 Å². The number of ether oxygens (including phenoxy) is 1. The van der Waals surface area contributed by atoms with Crippen molar-refractivity contribution in [3.8, 4) is 0 Å². The van der Waals surface area contributed by atoms with Crippen molar-refractivity contribution in [1.82, 2.24) is 0 Å². The summed E-state index contributed by atoms with van der Waals surface area (Å²) in [6.45, 7) is 4.00. The molecule has 0 radical (unpaired) electrons. The van der Waals surface area contributed by atoms with Gasteiger partial charge in [0.25, 0.3) is 0 Å². The molecule has 0 saturated heterocycles. The van der Waals surface area contributed by atoms with Crippen LogP contribution in [0.2, 0.25) is 0 Å². The first-order valence-electron chi connectivity index (χ1n) is 7.28. The number of esters is 1. The fourth-order valence-electron chi connectivity index (χ4n) is 3.53. The fraction of sp³-hybridized carbons (Fsp3) is 0.625. The molecule has 4 atom stereocenters. The zero-order valence-electron chi connectivity index (χ0n) is 12.6. The van der Waals surface area contributed by atoms with Crippen molar-refractivity contribution in [3.63, 3.8) is 0 Å². The Bertz CT molecular complexity index is 503. The number of hydrogen-bond donors (Lipinski definition) is 2. The Morgan fingerprint density at radius 3 is 2.48 bits per heavy atom. The molecular formula is C16H22O5. The van der Waals surface area contributed by atoms with Gasteiger partial charge in [-0.3, -0.25) is 0 Å². The summed E-state index contributed by atoms with van der Waals surface area (Å²) in [5.41, 5.74) is 0.764. The highest BCUT2D eigenvalue weighted by Gasteiger charge is 2.43. The lowest BCUT2D eigenvalue weighted by Gasteiger charge is -2.27. The van der Waals surface area contributed by atoms with Gasteiger partial charge in [0.2, 0.25) is 0 Å². The van der Waals surface area contributed by atoms with Crippen molar-refractivity contribution in [2.45, 2.75) is 32.8 Å². The van der Waals surface area contributed by atoms with E-state index in [1.165, 1.54) is 7.11 Å². The zero-order valence-corrected chi connectivity index (χ0v) is 12.6. The predicted molar refractivity (Wildman–Crippen MR) is 76.4 cm³/mol. The monoisotopic (exact) mass is 294 g/mol. The lowest BCUT2D eigenvalue weighted by Crippen LogP contribution is -2.26. The van der Waals surface area contributed by atoms with E-state index in [0.29, 0.717) is 24.0 Å². The van der Waals surface area contributed by atoms with Crippen molar-refractivity contribution in [1.29, 1.82) is 0 Å². The quantitative estimate of drug-likeness (QED) is 0.775. The molecule has 0 amide bonds. The lowest BCUT2D eigenvalue weighted by molar-refractivity contribution is -0.137. The van der Waals surface area contributed by atoms with E-state index in [4.69, 9.17) is 4.74 Å². The van der Waals surface area contributed by atoms with Crippen LogP contribution in [0, 0.1) is 23.7 Å². The number of carbonyl (C=O) groups excluding carboxylic acids is 1. The maximum atomic E-state index is 12.0. The molecule has 5 heteroatoms. The molecule has 0 spiro atoms. The standard InChI is InChI=1S/C16H22O5/c1-8(2)11-6-12-9(4-5-10(12)15(18)19)13(7-14(11)17)16(20)21-3/h5,7-9,11-12,14,17H,4,6H2,1-3H3,(H,18,19). The Labute approximate surface area is 124 Å². The minimum atomic E-state index is -0.939. The molecule has 0 fully saturated rings. The van der Waals surface area contributed by atoms with Crippen LogP contribution >= 0.6 is 0 Å². The predicted octanol–water partition coefficient (Wildman–Crippen LogP) is 1.77. The number of aliphatic hydroxyl groups is 1. The highest BCUT2D eigenvalue weighted by molar-refractivity contribution is 5.92. The van der Waals surface area contributed by atoms with Gasteiger partial charge in [0.05, 0.1) is 13.2 Å². The van der Waals surface area contributed by atoms with Gasteiger partial charge >= 0.3 is 11.9 Å². The van der Waals surface area contributed by atoms with E-state index in [1.807, 2.05) is 13.8 Å². The van der Waals surface area contributed by atoms with Crippen molar-refractivity contribution in [2.75, 3.05) is 7.11 Å². The number of allylic oxidation sites excluding steroid dienone is 1. The van der Waals surface area contributed by atoms with Crippen LogP contribution in [-0.2, 0) is 14.3 Å². The van der Waals surface area contributed by atoms with E-state index in [9.17, 15) is 19.8 Å². The van der Waals surface area contributed by atoms with E-state index in [1.54, 1.807) is 12.2 Å². The molecule has 0 aromatic rings. The molecule has 4 unspecified atom stereocenters. The summed E-state index contributed by atoms with van der Waals surface area (Å²) in [5.74, 6) is -1.73. The molecule has 0 aliphatic heterocycles. The number of fused-ring (bicyclic) bond motifs is 1. The maximum Gasteiger partial charge on any atom is 0.333 e. The van der Waals surface area contributed by atoms with Crippen LogP contribution in [0.5, 0.6) is 0 Å². The van der Waals surface area contributed by atoms with Crippen LogP contribution in [-0.4, -0.2) is 35.4 Å². The van der Waals surface area contributed by atoms with Gasteiger partial charge in [-0.1, -0.05) is 19.9 Å². The van der Waals surface area contributed by atoms with Gasteiger partial charge in [0, 0.05) is 17.1 Å². The van der Waals surface area contributed by atoms with Crippen molar-refractivity contribution in [3.05, 3.63) is 23.3 Å². The summed E-state index contributed by atoms with van der Waals surface area (Å²) in [7, 11) is 1.30. The largest absolute Gasteiger partial charge is 0.478 e. The molecule has 0 saturated carbocycles. The van der Waals surface area contributed by atoms with Crippen LogP contribution in [0.25, 0.3) is 0 Å². The number of methoxy groups -OCH3 is 1. The molecule has 0 aromatic carbocycles. The minimum absolute atomic E-state index is 0.0690. The van der Waals surface area contributed by atoms with Crippen LogP contribution in [0.4, 0.5) is 0 Å². The number of rotatable bonds is 3. The Morgan fingerprint density at radius 2 is 1.95 bits per heavy atom. The Balaban J connectivity index is 2.42. The van der Waals surface area contributed by atoms with Crippen molar-refractivity contribution in [2.24, 2.45) is 23.7 Å². The number of aliphatic hydroxyl groups excluding tert-OH is 1. The van der Waals surface area contributed by atoms with Gasteiger partial charge < -0.3 is 14.9 Å². The molecule has 2 aliphatic rings. The van der Waals surface area contributed by atoms with Crippen molar-refractivity contribution < 1.29 is 24.5 Å². The van der Waals surface area contributed by atoms with Crippen LogP contribution in [0.3, 0.4) is 0 Å². The third-order valence-corrected chi connectivity index (χ3v) is 4.72.